The van der Waals surface area contributed by atoms with Gasteiger partial charge in [0.25, 0.3) is 0 Å². The van der Waals surface area contributed by atoms with E-state index in [1.807, 2.05) is 31.2 Å². The molecule has 0 heterocycles. The third-order valence-electron chi connectivity index (χ3n) is 2.69. The number of nitrogens with one attached hydrogen (secondary N) is 3. The SMILES string of the molecule is CC(=N)C(C(C)=N)C(=N)Cc1cccc(C)c1. The zero-order valence-corrected chi connectivity index (χ0v) is 10.6. The first kappa shape index (κ1) is 13.3. The lowest BCUT2D eigenvalue weighted by Crippen LogP contribution is -2.28. The molecule has 0 saturated carbocycles. The Kier molecular flexibility index (Phi) is 4.32. The molecule has 1 rings (SSSR count). The Balaban J connectivity index is 2.84. The third-order valence-corrected chi connectivity index (χ3v) is 2.69. The van der Waals surface area contributed by atoms with Crippen LogP contribution in [0.2, 0.25) is 0 Å². The summed E-state index contributed by atoms with van der Waals surface area (Å²) < 4.78 is 0. The van der Waals surface area contributed by atoms with Crippen LogP contribution in [0.5, 0.6) is 0 Å². The molecule has 0 amide bonds. The fourth-order valence-electron chi connectivity index (χ4n) is 1.99. The minimum absolute atomic E-state index is 0.371. The fourth-order valence-corrected chi connectivity index (χ4v) is 1.99. The average Bonchev–Trinajstić information content (AvgIpc) is 2.15. The normalized spacial score (nSPS) is 11.9. The molecule has 0 aromatic heterocycles. The highest BCUT2D eigenvalue weighted by Crippen LogP contribution is 2.11. The number of benzene rings is 1. The first-order valence-electron chi connectivity index (χ1n) is 5.64. The zero-order valence-electron chi connectivity index (χ0n) is 10.6. The number of rotatable bonds is 5. The molecule has 0 aliphatic heterocycles. The number of hydrogen-bond acceptors (Lipinski definition) is 3. The molecule has 3 N–H and O–H groups in total. The maximum Gasteiger partial charge on any atom is 0.0717 e. The van der Waals surface area contributed by atoms with Crippen LogP contribution in [0.3, 0.4) is 0 Å². The second kappa shape index (κ2) is 5.53. The van der Waals surface area contributed by atoms with Crippen LogP contribution in [-0.2, 0) is 6.42 Å². The summed E-state index contributed by atoms with van der Waals surface area (Å²) >= 11 is 0. The van der Waals surface area contributed by atoms with Crippen molar-refractivity contribution in [2.45, 2.75) is 27.2 Å². The van der Waals surface area contributed by atoms with Gasteiger partial charge in [-0.3, -0.25) is 0 Å². The van der Waals surface area contributed by atoms with Gasteiger partial charge < -0.3 is 16.2 Å². The lowest BCUT2D eigenvalue weighted by molar-refractivity contribution is 1.09. The predicted octanol–water partition coefficient (Wildman–Crippen LogP) is 3.25. The van der Waals surface area contributed by atoms with Gasteiger partial charge in [-0.1, -0.05) is 29.8 Å². The highest BCUT2D eigenvalue weighted by molar-refractivity contribution is 6.20. The molecule has 3 nitrogen and oxygen atoms in total. The summed E-state index contributed by atoms with van der Waals surface area (Å²) in [5.74, 6) is -0.435. The van der Waals surface area contributed by atoms with E-state index in [1.54, 1.807) is 13.8 Å². The summed E-state index contributed by atoms with van der Waals surface area (Å²) in [7, 11) is 0. The van der Waals surface area contributed by atoms with E-state index in [2.05, 4.69) is 0 Å². The Bertz CT molecular complexity index is 446. The quantitative estimate of drug-likeness (QED) is 0.649. The van der Waals surface area contributed by atoms with E-state index in [0.29, 0.717) is 23.6 Å². The van der Waals surface area contributed by atoms with Crippen molar-refractivity contribution < 1.29 is 0 Å². The van der Waals surface area contributed by atoms with Gasteiger partial charge in [0.05, 0.1) is 5.92 Å². The van der Waals surface area contributed by atoms with Crippen molar-refractivity contribution in [3.63, 3.8) is 0 Å². The van der Waals surface area contributed by atoms with E-state index in [0.717, 1.165) is 5.56 Å². The predicted molar refractivity (Wildman–Crippen MR) is 72.9 cm³/mol. The van der Waals surface area contributed by atoms with Crippen LogP contribution in [0.25, 0.3) is 0 Å². The lowest BCUT2D eigenvalue weighted by atomic mass is 9.89. The van der Waals surface area contributed by atoms with Gasteiger partial charge in [-0.15, -0.1) is 0 Å². The zero-order chi connectivity index (χ0) is 13.0. The molecule has 0 atom stereocenters. The average molecular weight is 229 g/mol. The van der Waals surface area contributed by atoms with E-state index in [1.165, 1.54) is 5.56 Å². The van der Waals surface area contributed by atoms with Gasteiger partial charge in [-0.05, 0) is 26.3 Å². The summed E-state index contributed by atoms with van der Waals surface area (Å²) in [5, 5.41) is 23.3. The maximum absolute atomic E-state index is 8.03. The maximum atomic E-state index is 8.03. The van der Waals surface area contributed by atoms with Crippen molar-refractivity contribution >= 4 is 17.1 Å². The second-order valence-corrected chi connectivity index (χ2v) is 4.49. The summed E-state index contributed by atoms with van der Waals surface area (Å²) in [6, 6.07) is 8.02. The molecule has 90 valence electrons. The molecule has 0 radical (unpaired) electrons. The Morgan fingerprint density at radius 3 is 2.18 bits per heavy atom. The molecule has 1 aromatic carbocycles. The minimum Gasteiger partial charge on any atom is -0.309 e. The molecular formula is C14H19N3. The van der Waals surface area contributed by atoms with Crippen molar-refractivity contribution in [1.29, 1.82) is 16.2 Å². The van der Waals surface area contributed by atoms with E-state index in [4.69, 9.17) is 16.2 Å². The van der Waals surface area contributed by atoms with Crippen LogP contribution in [-0.4, -0.2) is 17.1 Å². The lowest BCUT2D eigenvalue weighted by Gasteiger charge is -2.16. The molecule has 1 aromatic rings. The van der Waals surface area contributed by atoms with Gasteiger partial charge in [0.2, 0.25) is 0 Å². The topological polar surface area (TPSA) is 71.6 Å². The van der Waals surface area contributed by atoms with Crippen molar-refractivity contribution in [1.82, 2.24) is 0 Å². The minimum atomic E-state index is -0.435. The smallest absolute Gasteiger partial charge is 0.0717 e. The molecule has 3 heteroatoms. The van der Waals surface area contributed by atoms with Gasteiger partial charge in [-0.2, -0.15) is 0 Å². The van der Waals surface area contributed by atoms with E-state index in [-0.39, 0.29) is 0 Å². The van der Waals surface area contributed by atoms with Gasteiger partial charge in [0, 0.05) is 23.6 Å². The van der Waals surface area contributed by atoms with Crippen LogP contribution in [0.1, 0.15) is 25.0 Å². The van der Waals surface area contributed by atoms with Crippen LogP contribution in [0.15, 0.2) is 24.3 Å². The number of aryl methyl sites for hydroxylation is 1. The molecule has 0 spiro atoms. The second-order valence-electron chi connectivity index (χ2n) is 4.49. The van der Waals surface area contributed by atoms with Crippen LogP contribution in [0, 0.1) is 29.1 Å². The summed E-state index contributed by atoms with van der Waals surface area (Å²) in [5.41, 5.74) is 3.41. The van der Waals surface area contributed by atoms with E-state index in [9.17, 15) is 0 Å². The largest absolute Gasteiger partial charge is 0.309 e. The molecule has 0 aliphatic carbocycles. The third kappa shape index (κ3) is 3.63. The van der Waals surface area contributed by atoms with E-state index >= 15 is 0 Å². The highest BCUT2D eigenvalue weighted by atomic mass is 14.6. The monoisotopic (exact) mass is 229 g/mol. The summed E-state index contributed by atoms with van der Waals surface area (Å²) in [6.07, 6.45) is 0.513. The molecule has 17 heavy (non-hydrogen) atoms. The Morgan fingerprint density at radius 1 is 1.12 bits per heavy atom. The molecule has 0 bridgehead atoms. The number of hydrogen-bond donors (Lipinski definition) is 3. The van der Waals surface area contributed by atoms with Crippen molar-refractivity contribution in [2.75, 3.05) is 0 Å². The van der Waals surface area contributed by atoms with Gasteiger partial charge in [0.15, 0.2) is 0 Å². The van der Waals surface area contributed by atoms with Crippen LogP contribution in [0.4, 0.5) is 0 Å². The molecule has 0 saturated heterocycles. The summed E-state index contributed by atoms with van der Waals surface area (Å²) in [4.78, 5) is 0. The van der Waals surface area contributed by atoms with Crippen LogP contribution < -0.4 is 0 Å². The standard InChI is InChI=1S/C14H19N3/c1-9-5-4-6-12(7-9)8-13(17)14(10(2)15)11(3)16/h4-7,14-17H,8H2,1-3H3. The van der Waals surface area contributed by atoms with Crippen molar-refractivity contribution in [3.8, 4) is 0 Å². The molecule has 0 unspecified atom stereocenters. The van der Waals surface area contributed by atoms with Crippen molar-refractivity contribution in [2.24, 2.45) is 5.92 Å². The molecule has 0 aliphatic rings. The van der Waals surface area contributed by atoms with Gasteiger partial charge >= 0.3 is 0 Å². The van der Waals surface area contributed by atoms with E-state index < -0.39 is 5.92 Å². The van der Waals surface area contributed by atoms with Gasteiger partial charge in [-0.25, -0.2) is 0 Å². The Morgan fingerprint density at radius 2 is 1.71 bits per heavy atom. The Hall–Kier alpha value is -1.77. The molecule has 0 fully saturated rings. The highest BCUT2D eigenvalue weighted by Gasteiger charge is 2.19. The molecular weight excluding hydrogens is 210 g/mol. The Labute approximate surface area is 102 Å². The fraction of sp³-hybridized carbons (Fsp3) is 0.357. The van der Waals surface area contributed by atoms with Gasteiger partial charge in [0.1, 0.15) is 0 Å². The first-order chi connectivity index (χ1) is 7.91. The summed E-state index contributed by atoms with van der Waals surface area (Å²) in [6.45, 7) is 5.34. The first-order valence-corrected chi connectivity index (χ1v) is 5.64. The van der Waals surface area contributed by atoms with Crippen molar-refractivity contribution in [3.05, 3.63) is 35.4 Å². The van der Waals surface area contributed by atoms with Crippen LogP contribution >= 0.6 is 0 Å².